The summed E-state index contributed by atoms with van der Waals surface area (Å²) in [6.07, 6.45) is 2.60. The minimum Gasteiger partial charge on any atom is -0.347 e. The van der Waals surface area contributed by atoms with Crippen molar-refractivity contribution in [2.75, 3.05) is 37.7 Å². The van der Waals surface area contributed by atoms with Crippen molar-refractivity contribution in [3.05, 3.63) is 24.0 Å². The van der Waals surface area contributed by atoms with Gasteiger partial charge in [0.25, 0.3) is 5.91 Å². The smallest absolute Gasteiger partial charge is 0.270 e. The summed E-state index contributed by atoms with van der Waals surface area (Å²) in [6.45, 7) is 2.85. The second-order valence-corrected chi connectivity index (χ2v) is 8.12. The van der Waals surface area contributed by atoms with E-state index in [2.05, 4.69) is 4.90 Å². The zero-order valence-corrected chi connectivity index (χ0v) is 13.1. The van der Waals surface area contributed by atoms with Crippen molar-refractivity contribution < 1.29 is 13.2 Å². The van der Waals surface area contributed by atoms with Gasteiger partial charge in [0.15, 0.2) is 9.84 Å². The molecule has 0 aromatic carbocycles. The van der Waals surface area contributed by atoms with Crippen LogP contribution in [0.15, 0.2) is 18.3 Å². The van der Waals surface area contributed by atoms with E-state index in [4.69, 9.17) is 0 Å². The molecule has 0 radical (unpaired) electrons. The van der Waals surface area contributed by atoms with Gasteiger partial charge in [0, 0.05) is 45.5 Å². The third-order valence-electron chi connectivity index (χ3n) is 4.49. The lowest BCUT2D eigenvalue weighted by atomic mass is 10.2. The predicted molar refractivity (Wildman–Crippen MR) is 79.9 cm³/mol. The van der Waals surface area contributed by atoms with Gasteiger partial charge in [0.2, 0.25) is 0 Å². The molecular formula is C14H21N3O3S. The lowest BCUT2D eigenvalue weighted by molar-refractivity contribution is 0.0579. The molecule has 2 aliphatic heterocycles. The number of hydrogen-bond acceptors (Lipinski definition) is 4. The lowest BCUT2D eigenvalue weighted by Gasteiger charge is -2.37. The maximum atomic E-state index is 12.4. The van der Waals surface area contributed by atoms with E-state index in [-0.39, 0.29) is 17.7 Å². The highest BCUT2D eigenvalue weighted by Crippen LogP contribution is 2.19. The number of aromatic nitrogens is 1. The lowest BCUT2D eigenvalue weighted by Crippen LogP contribution is -2.52. The normalized spacial score (nSPS) is 26.1. The SMILES string of the molecule is Cn1cccc1C(=O)N1CCN(C2CCS(=O)(=O)C2)CC1. The van der Waals surface area contributed by atoms with E-state index < -0.39 is 9.84 Å². The van der Waals surface area contributed by atoms with E-state index in [0.29, 0.717) is 24.5 Å². The first-order valence-electron chi connectivity index (χ1n) is 7.31. The molecule has 0 N–H and O–H groups in total. The van der Waals surface area contributed by atoms with Gasteiger partial charge in [-0.25, -0.2) is 8.42 Å². The van der Waals surface area contributed by atoms with Crippen LogP contribution < -0.4 is 0 Å². The van der Waals surface area contributed by atoms with Crippen LogP contribution in [0, 0.1) is 0 Å². The third-order valence-corrected chi connectivity index (χ3v) is 6.24. The van der Waals surface area contributed by atoms with E-state index in [1.807, 2.05) is 34.8 Å². The van der Waals surface area contributed by atoms with Gasteiger partial charge in [-0.05, 0) is 18.6 Å². The number of nitrogens with zero attached hydrogens (tertiary/aromatic N) is 3. The molecule has 3 heterocycles. The number of piperazine rings is 1. The first-order chi connectivity index (χ1) is 9.96. The summed E-state index contributed by atoms with van der Waals surface area (Å²) in [5.74, 6) is 0.639. The minimum absolute atomic E-state index is 0.0567. The molecule has 116 valence electrons. The van der Waals surface area contributed by atoms with Gasteiger partial charge < -0.3 is 9.47 Å². The van der Waals surface area contributed by atoms with Gasteiger partial charge in [-0.3, -0.25) is 9.69 Å². The molecule has 1 amide bonds. The molecule has 6 nitrogen and oxygen atoms in total. The average molecular weight is 311 g/mol. The van der Waals surface area contributed by atoms with Crippen molar-refractivity contribution in [2.45, 2.75) is 12.5 Å². The van der Waals surface area contributed by atoms with Crippen molar-refractivity contribution in [1.29, 1.82) is 0 Å². The number of sulfone groups is 1. The molecule has 2 aliphatic rings. The molecule has 3 rings (SSSR count). The van der Waals surface area contributed by atoms with Crippen LogP contribution in [0.2, 0.25) is 0 Å². The van der Waals surface area contributed by atoms with Gasteiger partial charge in [0.05, 0.1) is 11.5 Å². The van der Waals surface area contributed by atoms with Crippen LogP contribution in [0.5, 0.6) is 0 Å². The molecule has 0 saturated carbocycles. The maximum absolute atomic E-state index is 12.4. The molecule has 2 fully saturated rings. The molecular weight excluding hydrogens is 290 g/mol. The Labute approximate surface area is 125 Å². The molecule has 1 atom stereocenters. The number of aryl methyl sites for hydroxylation is 1. The summed E-state index contributed by atoms with van der Waals surface area (Å²) in [7, 11) is -0.973. The van der Waals surface area contributed by atoms with Crippen molar-refractivity contribution in [3.8, 4) is 0 Å². The van der Waals surface area contributed by atoms with Crippen LogP contribution in [0.1, 0.15) is 16.9 Å². The Kier molecular flexibility index (Phi) is 3.79. The summed E-state index contributed by atoms with van der Waals surface area (Å²) in [5, 5.41) is 0. The van der Waals surface area contributed by atoms with Crippen LogP contribution >= 0.6 is 0 Å². The average Bonchev–Trinajstić information content (AvgIpc) is 3.04. The number of carbonyl (C=O) groups is 1. The number of carbonyl (C=O) groups excluding carboxylic acids is 1. The highest BCUT2D eigenvalue weighted by Gasteiger charge is 2.34. The summed E-state index contributed by atoms with van der Waals surface area (Å²) in [4.78, 5) is 16.5. The second kappa shape index (κ2) is 5.46. The molecule has 1 aromatic rings. The Balaban J connectivity index is 1.58. The maximum Gasteiger partial charge on any atom is 0.270 e. The molecule has 7 heteroatoms. The van der Waals surface area contributed by atoms with Gasteiger partial charge in [0.1, 0.15) is 5.69 Å². The molecule has 1 unspecified atom stereocenters. The number of amides is 1. The van der Waals surface area contributed by atoms with Gasteiger partial charge in [-0.2, -0.15) is 0 Å². The summed E-state index contributed by atoms with van der Waals surface area (Å²) in [5.41, 5.74) is 0.701. The standard InChI is InChI=1S/C14H21N3O3S/c1-15-5-2-3-13(15)14(18)17-8-6-16(7-9-17)12-4-10-21(19,20)11-12/h2-3,5,12H,4,6-11H2,1H3. The van der Waals surface area contributed by atoms with Crippen LogP contribution in [-0.2, 0) is 16.9 Å². The zero-order chi connectivity index (χ0) is 15.0. The molecule has 0 spiro atoms. The van der Waals surface area contributed by atoms with Crippen molar-refractivity contribution >= 4 is 15.7 Å². The Hall–Kier alpha value is -1.34. The quantitative estimate of drug-likeness (QED) is 0.769. The van der Waals surface area contributed by atoms with Crippen LogP contribution in [0.25, 0.3) is 0 Å². The van der Waals surface area contributed by atoms with Gasteiger partial charge >= 0.3 is 0 Å². The van der Waals surface area contributed by atoms with Gasteiger partial charge in [-0.15, -0.1) is 0 Å². The fourth-order valence-electron chi connectivity index (χ4n) is 3.20. The summed E-state index contributed by atoms with van der Waals surface area (Å²) < 4.78 is 24.9. The van der Waals surface area contributed by atoms with Crippen molar-refractivity contribution in [3.63, 3.8) is 0 Å². The fraction of sp³-hybridized carbons (Fsp3) is 0.643. The van der Waals surface area contributed by atoms with Crippen LogP contribution in [0.3, 0.4) is 0 Å². The largest absolute Gasteiger partial charge is 0.347 e. The highest BCUT2D eigenvalue weighted by molar-refractivity contribution is 7.91. The Morgan fingerprint density at radius 2 is 1.95 bits per heavy atom. The molecule has 0 bridgehead atoms. The van der Waals surface area contributed by atoms with Crippen LogP contribution in [0.4, 0.5) is 0 Å². The van der Waals surface area contributed by atoms with E-state index in [9.17, 15) is 13.2 Å². The van der Waals surface area contributed by atoms with Crippen molar-refractivity contribution in [2.24, 2.45) is 7.05 Å². The van der Waals surface area contributed by atoms with Crippen LogP contribution in [-0.4, -0.2) is 72.4 Å². The zero-order valence-electron chi connectivity index (χ0n) is 12.2. The second-order valence-electron chi connectivity index (χ2n) is 5.89. The Morgan fingerprint density at radius 1 is 1.24 bits per heavy atom. The fourth-order valence-corrected chi connectivity index (χ4v) is 4.96. The highest BCUT2D eigenvalue weighted by atomic mass is 32.2. The third kappa shape index (κ3) is 2.98. The predicted octanol–water partition coefficient (Wildman–Crippen LogP) is -0.0300. The molecule has 0 aliphatic carbocycles. The summed E-state index contributed by atoms with van der Waals surface area (Å²) in [6, 6.07) is 3.84. The first-order valence-corrected chi connectivity index (χ1v) is 9.13. The van der Waals surface area contributed by atoms with Gasteiger partial charge in [-0.1, -0.05) is 0 Å². The molecule has 2 saturated heterocycles. The molecule has 21 heavy (non-hydrogen) atoms. The Morgan fingerprint density at radius 3 is 2.48 bits per heavy atom. The number of rotatable bonds is 2. The summed E-state index contributed by atoms with van der Waals surface area (Å²) >= 11 is 0. The first kappa shape index (κ1) is 14.6. The van der Waals surface area contributed by atoms with E-state index in [0.717, 1.165) is 19.5 Å². The van der Waals surface area contributed by atoms with E-state index in [1.54, 1.807) is 0 Å². The van der Waals surface area contributed by atoms with E-state index in [1.165, 1.54) is 0 Å². The topological polar surface area (TPSA) is 62.6 Å². The Bertz CT molecular complexity index is 630. The van der Waals surface area contributed by atoms with E-state index >= 15 is 0 Å². The minimum atomic E-state index is -2.84. The van der Waals surface area contributed by atoms with Crippen molar-refractivity contribution in [1.82, 2.24) is 14.4 Å². The number of hydrogen-bond donors (Lipinski definition) is 0. The molecule has 1 aromatic heterocycles. The monoisotopic (exact) mass is 311 g/mol.